The fourth-order valence-corrected chi connectivity index (χ4v) is 2.03. The quantitative estimate of drug-likeness (QED) is 0.878. The molecule has 0 radical (unpaired) electrons. The molecule has 0 saturated carbocycles. The van der Waals surface area contributed by atoms with E-state index in [9.17, 15) is 4.39 Å². The van der Waals surface area contributed by atoms with Crippen LogP contribution in [0.15, 0.2) is 40.9 Å². The molecule has 0 fully saturated rings. The van der Waals surface area contributed by atoms with Crippen molar-refractivity contribution in [2.75, 3.05) is 5.32 Å². The summed E-state index contributed by atoms with van der Waals surface area (Å²) in [5.74, 6) is -0.314. The minimum Gasteiger partial charge on any atom is -0.380 e. The molecule has 0 atom stereocenters. The molecule has 0 spiro atoms. The molecule has 0 aliphatic carbocycles. The van der Waals surface area contributed by atoms with Gasteiger partial charge in [-0.2, -0.15) is 5.26 Å². The molecule has 0 unspecified atom stereocenters. The fourth-order valence-electron chi connectivity index (χ4n) is 1.61. The van der Waals surface area contributed by atoms with E-state index in [1.54, 1.807) is 30.3 Å². The van der Waals surface area contributed by atoms with E-state index in [2.05, 4.69) is 27.3 Å². The highest BCUT2D eigenvalue weighted by molar-refractivity contribution is 9.10. The SMILES string of the molecule is N#Cc1ccc(Cl)cc1NCc1ccc(Br)c(F)c1. The molecule has 0 aliphatic rings. The zero-order chi connectivity index (χ0) is 13.8. The van der Waals surface area contributed by atoms with Crippen molar-refractivity contribution in [3.05, 3.63) is 62.8 Å². The molecule has 2 aromatic rings. The Labute approximate surface area is 123 Å². The van der Waals surface area contributed by atoms with Gasteiger partial charge in [0.2, 0.25) is 0 Å². The zero-order valence-corrected chi connectivity index (χ0v) is 12.1. The maximum absolute atomic E-state index is 13.4. The van der Waals surface area contributed by atoms with Gasteiger partial charge in [-0.1, -0.05) is 17.7 Å². The highest BCUT2D eigenvalue weighted by Gasteiger charge is 2.04. The smallest absolute Gasteiger partial charge is 0.137 e. The molecule has 0 saturated heterocycles. The van der Waals surface area contributed by atoms with Crippen molar-refractivity contribution < 1.29 is 4.39 Å². The van der Waals surface area contributed by atoms with Crippen molar-refractivity contribution in [2.45, 2.75) is 6.54 Å². The fraction of sp³-hybridized carbons (Fsp3) is 0.0714. The highest BCUT2D eigenvalue weighted by Crippen LogP contribution is 2.22. The molecule has 2 rings (SSSR count). The van der Waals surface area contributed by atoms with Crippen LogP contribution in [0.2, 0.25) is 5.02 Å². The van der Waals surface area contributed by atoms with Gasteiger partial charge in [0.15, 0.2) is 0 Å². The molecule has 2 aromatic carbocycles. The van der Waals surface area contributed by atoms with Gasteiger partial charge in [-0.3, -0.25) is 0 Å². The van der Waals surface area contributed by atoms with E-state index in [1.165, 1.54) is 6.07 Å². The standard InChI is InChI=1S/C14H9BrClFN2/c15-12-4-1-9(5-13(12)17)8-19-14-6-11(16)3-2-10(14)7-18/h1-6,19H,8H2. The molecular formula is C14H9BrClFN2. The van der Waals surface area contributed by atoms with Crippen molar-refractivity contribution in [2.24, 2.45) is 0 Å². The Kier molecular flexibility index (Phi) is 4.41. The second-order valence-electron chi connectivity index (χ2n) is 3.90. The number of hydrogen-bond acceptors (Lipinski definition) is 2. The van der Waals surface area contributed by atoms with Gasteiger partial charge in [0.25, 0.3) is 0 Å². The Hall–Kier alpha value is -1.57. The lowest BCUT2D eigenvalue weighted by molar-refractivity contribution is 0.619. The highest BCUT2D eigenvalue weighted by atomic mass is 79.9. The van der Waals surface area contributed by atoms with Crippen LogP contribution in [-0.4, -0.2) is 0 Å². The van der Waals surface area contributed by atoms with Crippen LogP contribution >= 0.6 is 27.5 Å². The summed E-state index contributed by atoms with van der Waals surface area (Å²) >= 11 is 8.99. The lowest BCUT2D eigenvalue weighted by Crippen LogP contribution is -2.01. The van der Waals surface area contributed by atoms with Crippen molar-refractivity contribution in [1.82, 2.24) is 0 Å². The van der Waals surface area contributed by atoms with E-state index >= 15 is 0 Å². The largest absolute Gasteiger partial charge is 0.380 e. The summed E-state index contributed by atoms with van der Waals surface area (Å²) in [7, 11) is 0. The average molecular weight is 340 g/mol. The average Bonchev–Trinajstić information content (AvgIpc) is 2.40. The molecule has 1 N–H and O–H groups in total. The van der Waals surface area contributed by atoms with Crippen LogP contribution in [0.25, 0.3) is 0 Å². The van der Waals surface area contributed by atoms with Crippen LogP contribution in [0.4, 0.5) is 10.1 Å². The third-order valence-electron chi connectivity index (χ3n) is 2.57. The van der Waals surface area contributed by atoms with Gasteiger partial charge in [0, 0.05) is 11.6 Å². The number of nitriles is 1. The van der Waals surface area contributed by atoms with E-state index < -0.39 is 0 Å². The van der Waals surface area contributed by atoms with Gasteiger partial charge >= 0.3 is 0 Å². The number of rotatable bonds is 3. The van der Waals surface area contributed by atoms with Crippen LogP contribution in [0.5, 0.6) is 0 Å². The maximum atomic E-state index is 13.4. The Morgan fingerprint density at radius 1 is 1.26 bits per heavy atom. The van der Waals surface area contributed by atoms with Crippen LogP contribution in [0.1, 0.15) is 11.1 Å². The molecule has 0 aromatic heterocycles. The van der Waals surface area contributed by atoms with Gasteiger partial charge < -0.3 is 5.32 Å². The van der Waals surface area contributed by atoms with Crippen LogP contribution in [0.3, 0.4) is 0 Å². The normalized spacial score (nSPS) is 10.0. The topological polar surface area (TPSA) is 35.8 Å². The zero-order valence-electron chi connectivity index (χ0n) is 9.75. The van der Waals surface area contributed by atoms with Gasteiger partial charge in [-0.05, 0) is 51.8 Å². The van der Waals surface area contributed by atoms with Crippen molar-refractivity contribution >= 4 is 33.2 Å². The number of benzene rings is 2. The van der Waals surface area contributed by atoms with E-state index in [0.717, 1.165) is 5.56 Å². The predicted octanol–water partition coefficient (Wildman–Crippen LogP) is 4.73. The van der Waals surface area contributed by atoms with Crippen molar-refractivity contribution in [3.63, 3.8) is 0 Å². The van der Waals surface area contributed by atoms with Crippen LogP contribution < -0.4 is 5.32 Å². The van der Waals surface area contributed by atoms with Crippen molar-refractivity contribution in [1.29, 1.82) is 5.26 Å². The molecule has 96 valence electrons. The Morgan fingerprint density at radius 3 is 2.74 bits per heavy atom. The van der Waals surface area contributed by atoms with Gasteiger partial charge in [0.05, 0.1) is 15.7 Å². The summed E-state index contributed by atoms with van der Waals surface area (Å²) < 4.78 is 13.8. The first-order valence-electron chi connectivity index (χ1n) is 5.47. The molecule has 5 heteroatoms. The Morgan fingerprint density at radius 2 is 2.05 bits per heavy atom. The summed E-state index contributed by atoms with van der Waals surface area (Å²) in [6, 6.07) is 11.9. The summed E-state index contributed by atoms with van der Waals surface area (Å²) in [6.07, 6.45) is 0. The van der Waals surface area contributed by atoms with Crippen molar-refractivity contribution in [3.8, 4) is 6.07 Å². The summed E-state index contributed by atoms with van der Waals surface area (Å²) in [6.45, 7) is 0.416. The first kappa shape index (κ1) is 13.9. The first-order valence-corrected chi connectivity index (χ1v) is 6.64. The molecule has 0 heterocycles. The monoisotopic (exact) mass is 338 g/mol. The first-order chi connectivity index (χ1) is 9.10. The third-order valence-corrected chi connectivity index (χ3v) is 3.45. The van der Waals surface area contributed by atoms with E-state index in [4.69, 9.17) is 16.9 Å². The van der Waals surface area contributed by atoms with Gasteiger partial charge in [-0.25, -0.2) is 4.39 Å². The second-order valence-corrected chi connectivity index (χ2v) is 5.19. The van der Waals surface area contributed by atoms with Gasteiger partial charge in [0.1, 0.15) is 11.9 Å². The summed E-state index contributed by atoms with van der Waals surface area (Å²) in [5, 5.41) is 12.6. The minimum absolute atomic E-state index is 0.314. The lowest BCUT2D eigenvalue weighted by atomic mass is 10.1. The lowest BCUT2D eigenvalue weighted by Gasteiger charge is -2.09. The van der Waals surface area contributed by atoms with E-state index in [1.807, 2.05) is 0 Å². The van der Waals surface area contributed by atoms with Crippen LogP contribution in [0, 0.1) is 17.1 Å². The number of hydrogen-bond donors (Lipinski definition) is 1. The van der Waals surface area contributed by atoms with Gasteiger partial charge in [-0.15, -0.1) is 0 Å². The number of nitrogens with zero attached hydrogens (tertiary/aromatic N) is 1. The molecular weight excluding hydrogens is 331 g/mol. The summed E-state index contributed by atoms with van der Waals surface area (Å²) in [4.78, 5) is 0. The number of nitrogens with one attached hydrogen (secondary N) is 1. The maximum Gasteiger partial charge on any atom is 0.137 e. The Bertz CT molecular complexity index is 652. The van der Waals surface area contributed by atoms with Crippen LogP contribution in [-0.2, 0) is 6.54 Å². The number of anilines is 1. The molecule has 19 heavy (non-hydrogen) atoms. The summed E-state index contributed by atoms with van der Waals surface area (Å²) in [5.41, 5.74) is 1.92. The predicted molar refractivity (Wildman–Crippen MR) is 77.6 cm³/mol. The third kappa shape index (κ3) is 3.46. The van der Waals surface area contributed by atoms with E-state index in [0.29, 0.717) is 27.3 Å². The molecule has 0 aliphatic heterocycles. The molecule has 0 bridgehead atoms. The minimum atomic E-state index is -0.314. The Balaban J connectivity index is 2.16. The molecule has 0 amide bonds. The number of halogens is 3. The second kappa shape index (κ2) is 6.05. The molecule has 2 nitrogen and oxygen atoms in total. The van der Waals surface area contributed by atoms with E-state index in [-0.39, 0.29) is 5.82 Å².